The van der Waals surface area contributed by atoms with E-state index in [-0.39, 0.29) is 0 Å². The molecule has 1 saturated carbocycles. The van der Waals surface area contributed by atoms with E-state index in [2.05, 4.69) is 32.9 Å². The fraction of sp³-hybridized carbons (Fsp3) is 0.611. The van der Waals surface area contributed by atoms with E-state index in [1.165, 1.54) is 43.5 Å². The van der Waals surface area contributed by atoms with Crippen LogP contribution in [0.5, 0.6) is 0 Å². The number of piperazine rings is 1. The van der Waals surface area contributed by atoms with Gasteiger partial charge in [-0.25, -0.2) is 9.97 Å². The molecule has 2 aromatic rings. The highest BCUT2D eigenvalue weighted by Gasteiger charge is 2.21. The molecule has 2 aromatic heterocycles. The Morgan fingerprint density at radius 2 is 1.74 bits per heavy atom. The molecule has 2 fully saturated rings. The van der Waals surface area contributed by atoms with Gasteiger partial charge in [-0.15, -0.1) is 0 Å². The first-order valence-electron chi connectivity index (χ1n) is 8.85. The lowest BCUT2D eigenvalue weighted by Gasteiger charge is -2.33. The minimum atomic E-state index is 0.566. The van der Waals surface area contributed by atoms with E-state index in [0.29, 0.717) is 5.92 Å². The van der Waals surface area contributed by atoms with Gasteiger partial charge in [0.1, 0.15) is 11.8 Å². The summed E-state index contributed by atoms with van der Waals surface area (Å²) in [4.78, 5) is 18.6. The lowest BCUT2D eigenvalue weighted by atomic mass is 9.86. The second-order valence-corrected chi connectivity index (χ2v) is 6.95. The monoisotopic (exact) mass is 311 g/mol. The molecule has 1 saturated heterocycles. The van der Waals surface area contributed by atoms with Crippen LogP contribution in [0.4, 0.5) is 5.69 Å². The molecule has 1 aliphatic carbocycles. The number of likely N-dealkylation sites (N-methyl/N-ethyl adjacent to an activating group) is 1. The number of hydrogen-bond donors (Lipinski definition) is 0. The van der Waals surface area contributed by atoms with Gasteiger partial charge in [0.15, 0.2) is 0 Å². The minimum Gasteiger partial charge on any atom is -0.368 e. The molecule has 0 N–H and O–H groups in total. The Balaban J connectivity index is 1.64. The van der Waals surface area contributed by atoms with E-state index >= 15 is 0 Å². The van der Waals surface area contributed by atoms with E-state index in [9.17, 15) is 0 Å². The maximum Gasteiger partial charge on any atom is 0.116 e. The molecule has 1 aliphatic heterocycles. The minimum absolute atomic E-state index is 0.566. The van der Waals surface area contributed by atoms with Gasteiger partial charge in [0.25, 0.3) is 0 Å². The number of rotatable bonds is 2. The predicted octanol–water partition coefficient (Wildman–Crippen LogP) is 2.82. The van der Waals surface area contributed by atoms with Gasteiger partial charge in [-0.2, -0.15) is 0 Å². The Morgan fingerprint density at radius 1 is 0.957 bits per heavy atom. The summed E-state index contributed by atoms with van der Waals surface area (Å²) in [6, 6.07) is 2.20. The first-order chi connectivity index (χ1) is 11.3. The van der Waals surface area contributed by atoms with Gasteiger partial charge in [-0.1, -0.05) is 19.3 Å². The van der Waals surface area contributed by atoms with Gasteiger partial charge in [0.2, 0.25) is 0 Å². The molecule has 4 rings (SSSR count). The number of nitrogens with zero attached hydrogens (tertiary/aromatic N) is 5. The Morgan fingerprint density at radius 3 is 2.52 bits per heavy atom. The Labute approximate surface area is 137 Å². The molecule has 0 aromatic carbocycles. The predicted molar refractivity (Wildman–Crippen MR) is 92.9 cm³/mol. The highest BCUT2D eigenvalue weighted by Crippen LogP contribution is 2.34. The van der Waals surface area contributed by atoms with Gasteiger partial charge < -0.3 is 9.80 Å². The SMILES string of the molecule is CN1CCN(c2cnc3c(C4CCCCC4)ncnc3c2)CC1. The van der Waals surface area contributed by atoms with E-state index in [4.69, 9.17) is 4.98 Å². The van der Waals surface area contributed by atoms with Crippen LogP contribution in [0.1, 0.15) is 43.7 Å². The average Bonchev–Trinajstić information content (AvgIpc) is 2.62. The molecule has 0 spiro atoms. The molecular formula is C18H25N5. The van der Waals surface area contributed by atoms with Gasteiger partial charge in [0, 0.05) is 32.1 Å². The first kappa shape index (κ1) is 14.8. The zero-order chi connectivity index (χ0) is 15.6. The molecule has 0 amide bonds. The molecule has 5 heteroatoms. The van der Waals surface area contributed by atoms with Gasteiger partial charge in [0.05, 0.1) is 23.1 Å². The van der Waals surface area contributed by atoms with E-state index in [0.717, 1.165) is 37.2 Å². The van der Waals surface area contributed by atoms with Crippen molar-refractivity contribution in [1.29, 1.82) is 0 Å². The summed E-state index contributed by atoms with van der Waals surface area (Å²) in [6.07, 6.45) is 10.2. The van der Waals surface area contributed by atoms with Crippen LogP contribution in [0.15, 0.2) is 18.6 Å². The number of aromatic nitrogens is 3. The zero-order valence-corrected chi connectivity index (χ0v) is 13.9. The molecule has 3 heterocycles. The zero-order valence-electron chi connectivity index (χ0n) is 13.9. The van der Waals surface area contributed by atoms with Crippen LogP contribution in [-0.4, -0.2) is 53.1 Å². The fourth-order valence-electron chi connectivity index (χ4n) is 3.87. The molecule has 0 radical (unpaired) electrons. The molecule has 0 bridgehead atoms. The first-order valence-corrected chi connectivity index (χ1v) is 8.85. The van der Waals surface area contributed by atoms with E-state index in [1.807, 2.05) is 6.20 Å². The van der Waals surface area contributed by atoms with E-state index < -0.39 is 0 Å². The van der Waals surface area contributed by atoms with Crippen molar-refractivity contribution in [2.75, 3.05) is 38.1 Å². The summed E-state index contributed by atoms with van der Waals surface area (Å²) in [6.45, 7) is 4.33. The maximum absolute atomic E-state index is 4.77. The molecule has 0 atom stereocenters. The highest BCUT2D eigenvalue weighted by molar-refractivity contribution is 5.80. The molecule has 23 heavy (non-hydrogen) atoms. The second-order valence-electron chi connectivity index (χ2n) is 6.95. The van der Waals surface area contributed by atoms with Crippen molar-refractivity contribution in [2.45, 2.75) is 38.0 Å². The number of hydrogen-bond acceptors (Lipinski definition) is 5. The van der Waals surface area contributed by atoms with Crippen molar-refractivity contribution in [1.82, 2.24) is 19.9 Å². The summed E-state index contributed by atoms with van der Waals surface area (Å²) in [7, 11) is 2.18. The molecule has 122 valence electrons. The Kier molecular flexibility index (Phi) is 4.12. The average molecular weight is 311 g/mol. The van der Waals surface area contributed by atoms with Crippen molar-refractivity contribution in [3.8, 4) is 0 Å². The third-order valence-electron chi connectivity index (χ3n) is 5.35. The fourth-order valence-corrected chi connectivity index (χ4v) is 3.87. The largest absolute Gasteiger partial charge is 0.368 e. The van der Waals surface area contributed by atoms with Crippen molar-refractivity contribution >= 4 is 16.7 Å². The van der Waals surface area contributed by atoms with Crippen LogP contribution in [0.2, 0.25) is 0 Å². The third kappa shape index (κ3) is 3.02. The topological polar surface area (TPSA) is 45.2 Å². The number of anilines is 1. The highest BCUT2D eigenvalue weighted by atomic mass is 15.2. The number of pyridine rings is 1. The Bertz CT molecular complexity index is 672. The summed E-state index contributed by atoms with van der Waals surface area (Å²) in [5.41, 5.74) is 4.37. The van der Waals surface area contributed by atoms with Crippen LogP contribution in [0.3, 0.4) is 0 Å². The van der Waals surface area contributed by atoms with Crippen molar-refractivity contribution < 1.29 is 0 Å². The lowest BCUT2D eigenvalue weighted by molar-refractivity contribution is 0.313. The van der Waals surface area contributed by atoms with E-state index in [1.54, 1.807) is 6.33 Å². The van der Waals surface area contributed by atoms with Crippen molar-refractivity contribution in [3.05, 3.63) is 24.3 Å². The summed E-state index contributed by atoms with van der Waals surface area (Å²) in [5.74, 6) is 0.566. The second kappa shape index (κ2) is 6.40. The lowest BCUT2D eigenvalue weighted by Crippen LogP contribution is -2.44. The standard InChI is InChI=1S/C18H25N5/c1-22-7-9-23(10-8-22)15-11-16-18(19-12-15)17(21-13-20-16)14-5-3-2-4-6-14/h11-14H,2-10H2,1H3. The molecule has 2 aliphatic rings. The van der Waals surface area contributed by atoms with Crippen LogP contribution in [0, 0.1) is 0 Å². The van der Waals surface area contributed by atoms with Crippen LogP contribution >= 0.6 is 0 Å². The van der Waals surface area contributed by atoms with Crippen LogP contribution < -0.4 is 4.90 Å². The van der Waals surface area contributed by atoms with Crippen molar-refractivity contribution in [3.63, 3.8) is 0 Å². The summed E-state index contributed by atoms with van der Waals surface area (Å²) < 4.78 is 0. The quantitative estimate of drug-likeness (QED) is 0.853. The molecule has 0 unspecified atom stereocenters. The smallest absolute Gasteiger partial charge is 0.116 e. The van der Waals surface area contributed by atoms with Gasteiger partial charge in [-0.05, 0) is 26.0 Å². The molecular weight excluding hydrogens is 286 g/mol. The summed E-state index contributed by atoms with van der Waals surface area (Å²) >= 11 is 0. The maximum atomic E-state index is 4.77. The van der Waals surface area contributed by atoms with Gasteiger partial charge >= 0.3 is 0 Å². The van der Waals surface area contributed by atoms with Crippen LogP contribution in [0.25, 0.3) is 11.0 Å². The third-order valence-corrected chi connectivity index (χ3v) is 5.35. The van der Waals surface area contributed by atoms with Crippen LogP contribution in [-0.2, 0) is 0 Å². The molecule has 5 nitrogen and oxygen atoms in total. The summed E-state index contributed by atoms with van der Waals surface area (Å²) in [5, 5.41) is 0. The normalized spacial score (nSPS) is 21.0. The number of fused-ring (bicyclic) bond motifs is 1. The van der Waals surface area contributed by atoms with Crippen molar-refractivity contribution in [2.24, 2.45) is 0 Å². The van der Waals surface area contributed by atoms with Gasteiger partial charge in [-0.3, -0.25) is 4.98 Å². The Hall–Kier alpha value is -1.75.